The van der Waals surface area contributed by atoms with Crippen LogP contribution in [0.25, 0.3) is 0 Å². The number of amides is 3. The van der Waals surface area contributed by atoms with Crippen molar-refractivity contribution in [2.45, 2.75) is 51.6 Å². The first-order chi connectivity index (χ1) is 19.0. The fraction of sp³-hybridized carbons (Fsp3) is 0.483. The Hall–Kier alpha value is -3.01. The van der Waals surface area contributed by atoms with Crippen molar-refractivity contribution in [1.29, 1.82) is 0 Å². The predicted molar refractivity (Wildman–Crippen MR) is 154 cm³/mol. The summed E-state index contributed by atoms with van der Waals surface area (Å²) in [4.78, 5) is 37.7. The van der Waals surface area contributed by atoms with Gasteiger partial charge in [0.1, 0.15) is 18.9 Å². The van der Waals surface area contributed by atoms with E-state index in [9.17, 15) is 9.59 Å². The van der Waals surface area contributed by atoms with Crippen LogP contribution in [-0.4, -0.2) is 76.3 Å². The molecule has 1 saturated heterocycles. The summed E-state index contributed by atoms with van der Waals surface area (Å²) in [5.74, 6) is 1.06. The van der Waals surface area contributed by atoms with Crippen LogP contribution in [0.4, 0.5) is 9.59 Å². The second-order valence-corrected chi connectivity index (χ2v) is 11.1. The molecule has 9 nitrogen and oxygen atoms in total. The number of imide groups is 1. The number of benzene rings is 2. The molecule has 0 radical (unpaired) electrons. The van der Waals surface area contributed by atoms with Crippen molar-refractivity contribution in [2.24, 2.45) is 5.92 Å². The summed E-state index contributed by atoms with van der Waals surface area (Å²) < 4.78 is 5.82. The van der Waals surface area contributed by atoms with E-state index in [-0.39, 0.29) is 37.7 Å². The SMILES string of the molecule is C[C@@H](c1ccc(Cl)cc1)N(Cc1ccc(OCCN2C(=O)CN(C)C2=O)c(Cl)c1)CC1CCCCC1.O=C(O)O. The molecule has 3 amide bonds. The van der Waals surface area contributed by atoms with Crippen LogP contribution < -0.4 is 4.74 Å². The van der Waals surface area contributed by atoms with E-state index in [1.807, 2.05) is 30.3 Å². The molecule has 2 aromatic carbocycles. The molecule has 4 rings (SSSR count). The summed E-state index contributed by atoms with van der Waals surface area (Å²) >= 11 is 12.7. The molecule has 1 atom stereocenters. The summed E-state index contributed by atoms with van der Waals surface area (Å²) in [5.41, 5.74) is 2.37. The molecule has 11 heteroatoms. The second-order valence-electron chi connectivity index (χ2n) is 10.2. The number of carboxylic acid groups (broad SMARTS) is 2. The molecule has 2 N–H and O–H groups in total. The first-order valence-electron chi connectivity index (χ1n) is 13.4. The smallest absolute Gasteiger partial charge is 0.490 e. The zero-order valence-electron chi connectivity index (χ0n) is 22.9. The Morgan fingerprint density at radius 1 is 1.07 bits per heavy atom. The number of ether oxygens (including phenoxy) is 1. The van der Waals surface area contributed by atoms with E-state index in [1.54, 1.807) is 7.05 Å². The topological polar surface area (TPSA) is 111 Å². The van der Waals surface area contributed by atoms with E-state index in [4.69, 9.17) is 42.9 Å². The zero-order chi connectivity index (χ0) is 29.2. The van der Waals surface area contributed by atoms with Gasteiger partial charge in [0.15, 0.2) is 0 Å². The van der Waals surface area contributed by atoms with E-state index >= 15 is 0 Å². The standard InChI is InChI=1S/C28H35Cl2N3O3.CH2O3/c1-20(23-9-11-24(29)12-10-23)32(17-21-6-4-3-5-7-21)18-22-8-13-26(25(30)16-22)36-15-14-33-27(34)19-31(2)28(33)35;2-1(3)4/h8-13,16,20-21H,3-7,14-15,17-19H2,1-2H3;(H2,2,3,4)/t20-;/m0./s1. The molecule has 1 aliphatic heterocycles. The van der Waals surface area contributed by atoms with Gasteiger partial charge in [0, 0.05) is 31.2 Å². The quantitative estimate of drug-likeness (QED) is 0.297. The number of hydrogen-bond donors (Lipinski definition) is 2. The lowest BCUT2D eigenvalue weighted by atomic mass is 9.88. The highest BCUT2D eigenvalue weighted by Gasteiger charge is 2.33. The number of rotatable bonds is 10. The van der Waals surface area contributed by atoms with Crippen molar-refractivity contribution in [3.05, 3.63) is 63.6 Å². The molecular weight excluding hydrogens is 557 g/mol. The van der Waals surface area contributed by atoms with Crippen LogP contribution in [0.15, 0.2) is 42.5 Å². The fourth-order valence-electron chi connectivity index (χ4n) is 5.14. The lowest BCUT2D eigenvalue weighted by Crippen LogP contribution is -2.35. The summed E-state index contributed by atoms with van der Waals surface area (Å²) in [7, 11) is 1.61. The maximum Gasteiger partial charge on any atom is 0.503 e. The Labute approximate surface area is 245 Å². The van der Waals surface area contributed by atoms with Gasteiger partial charge in [-0.15, -0.1) is 0 Å². The van der Waals surface area contributed by atoms with Crippen LogP contribution in [-0.2, 0) is 11.3 Å². The van der Waals surface area contributed by atoms with Gasteiger partial charge in [-0.1, -0.05) is 60.7 Å². The molecule has 40 heavy (non-hydrogen) atoms. The molecular formula is C29H37Cl2N3O6. The van der Waals surface area contributed by atoms with Crippen LogP contribution in [0, 0.1) is 5.92 Å². The number of halogens is 2. The van der Waals surface area contributed by atoms with Gasteiger partial charge < -0.3 is 19.8 Å². The summed E-state index contributed by atoms with van der Waals surface area (Å²) in [6.45, 7) is 4.60. The van der Waals surface area contributed by atoms with Crippen molar-refractivity contribution < 1.29 is 29.3 Å². The van der Waals surface area contributed by atoms with Gasteiger partial charge in [0.25, 0.3) is 0 Å². The molecule has 0 bridgehead atoms. The number of carbonyl (C=O) groups excluding carboxylic acids is 2. The predicted octanol–water partition coefficient (Wildman–Crippen LogP) is 6.63. The van der Waals surface area contributed by atoms with Crippen molar-refractivity contribution >= 4 is 41.3 Å². The van der Waals surface area contributed by atoms with Crippen molar-refractivity contribution in [3.8, 4) is 5.75 Å². The average Bonchev–Trinajstić information content (AvgIpc) is 3.15. The third-order valence-corrected chi connectivity index (χ3v) is 7.85. The highest BCUT2D eigenvalue weighted by molar-refractivity contribution is 6.32. The number of carbonyl (C=O) groups is 3. The van der Waals surface area contributed by atoms with Gasteiger partial charge in [-0.05, 0) is 61.1 Å². The Bertz CT molecular complexity index is 1150. The first-order valence-corrected chi connectivity index (χ1v) is 14.2. The minimum atomic E-state index is -1.83. The molecule has 1 heterocycles. The summed E-state index contributed by atoms with van der Waals surface area (Å²) in [6.07, 6.45) is 4.72. The van der Waals surface area contributed by atoms with Gasteiger partial charge in [0.05, 0.1) is 11.6 Å². The largest absolute Gasteiger partial charge is 0.503 e. The molecule has 0 aromatic heterocycles. The van der Waals surface area contributed by atoms with Gasteiger partial charge in [-0.2, -0.15) is 0 Å². The highest BCUT2D eigenvalue weighted by atomic mass is 35.5. The van der Waals surface area contributed by atoms with Gasteiger partial charge in [0.2, 0.25) is 5.91 Å². The maximum atomic E-state index is 12.0. The van der Waals surface area contributed by atoms with E-state index in [1.165, 1.54) is 47.5 Å². The van der Waals surface area contributed by atoms with Crippen LogP contribution in [0.3, 0.4) is 0 Å². The Morgan fingerprint density at radius 2 is 1.73 bits per heavy atom. The number of likely N-dealkylation sites (N-methyl/N-ethyl adjacent to an activating group) is 1. The molecule has 2 aliphatic rings. The van der Waals surface area contributed by atoms with Crippen molar-refractivity contribution in [2.75, 3.05) is 33.3 Å². The summed E-state index contributed by atoms with van der Waals surface area (Å²) in [6, 6.07) is 14.0. The van der Waals surface area contributed by atoms with Crippen molar-refractivity contribution in [1.82, 2.24) is 14.7 Å². The third kappa shape index (κ3) is 9.28. The van der Waals surface area contributed by atoms with Crippen LogP contribution in [0.5, 0.6) is 5.75 Å². The molecule has 2 aromatic rings. The molecule has 0 spiro atoms. The Kier molecular flexibility index (Phi) is 11.9. The van der Waals surface area contributed by atoms with E-state index in [2.05, 4.69) is 24.0 Å². The molecule has 1 saturated carbocycles. The van der Waals surface area contributed by atoms with Gasteiger partial charge >= 0.3 is 12.2 Å². The highest BCUT2D eigenvalue weighted by Crippen LogP contribution is 2.32. The molecule has 0 unspecified atom stereocenters. The van der Waals surface area contributed by atoms with E-state index in [0.29, 0.717) is 16.7 Å². The monoisotopic (exact) mass is 593 g/mol. The third-order valence-electron chi connectivity index (χ3n) is 7.30. The average molecular weight is 595 g/mol. The second kappa shape index (κ2) is 15.1. The number of nitrogens with zero attached hydrogens (tertiary/aromatic N) is 3. The Morgan fingerprint density at radius 3 is 2.30 bits per heavy atom. The molecule has 2 fully saturated rings. The van der Waals surface area contributed by atoms with Crippen LogP contribution in [0.1, 0.15) is 56.2 Å². The van der Waals surface area contributed by atoms with Crippen molar-refractivity contribution in [3.63, 3.8) is 0 Å². The fourth-order valence-corrected chi connectivity index (χ4v) is 5.53. The van der Waals surface area contributed by atoms with Gasteiger partial charge in [-0.25, -0.2) is 9.59 Å². The number of urea groups is 1. The minimum Gasteiger partial charge on any atom is -0.490 e. The zero-order valence-corrected chi connectivity index (χ0v) is 24.4. The Balaban J connectivity index is 0.00000103. The normalized spacial score (nSPS) is 16.6. The maximum absolute atomic E-state index is 12.0. The first kappa shape index (κ1) is 31.5. The van der Waals surface area contributed by atoms with E-state index in [0.717, 1.165) is 23.7 Å². The van der Waals surface area contributed by atoms with Crippen LogP contribution in [0.2, 0.25) is 10.0 Å². The van der Waals surface area contributed by atoms with E-state index < -0.39 is 6.16 Å². The molecule has 218 valence electrons. The minimum absolute atomic E-state index is 0.111. The van der Waals surface area contributed by atoms with Crippen LogP contribution >= 0.6 is 23.2 Å². The van der Waals surface area contributed by atoms with Gasteiger partial charge in [-0.3, -0.25) is 14.6 Å². The lowest BCUT2D eigenvalue weighted by Gasteiger charge is -2.34. The summed E-state index contributed by atoms with van der Waals surface area (Å²) in [5, 5.41) is 15.2. The molecule has 1 aliphatic carbocycles. The number of hydrogen-bond acceptors (Lipinski definition) is 5. The lowest BCUT2D eigenvalue weighted by molar-refractivity contribution is -0.125.